The molecule has 3 aromatic rings. The van der Waals surface area contributed by atoms with Crippen molar-refractivity contribution in [3.05, 3.63) is 83.2 Å². The average molecular weight is 530 g/mol. The van der Waals surface area contributed by atoms with Crippen molar-refractivity contribution < 1.29 is 26.7 Å². The van der Waals surface area contributed by atoms with Gasteiger partial charge in [-0.25, -0.2) is 22.2 Å². The molecule has 1 aliphatic carbocycles. The van der Waals surface area contributed by atoms with E-state index in [0.717, 1.165) is 25.7 Å². The molecule has 5 rings (SSSR count). The van der Waals surface area contributed by atoms with E-state index in [-0.39, 0.29) is 35.0 Å². The summed E-state index contributed by atoms with van der Waals surface area (Å²) in [5.74, 6) is -1.21. The van der Waals surface area contributed by atoms with Crippen LogP contribution < -0.4 is 0 Å². The number of carbonyl (C=O) groups excluding carboxylic acids is 1. The molecule has 37 heavy (non-hydrogen) atoms. The standard InChI is InChI=1S/C27H29F2N3O4S/c28-22-10-8-20(9-11-22)18-37(34,35)27-30-14-24(32(27)17-25-5-2-12-36-25)16-31(15-19-6-7-19)26(33)21-3-1-4-23(29)13-21/h1,3-4,8-11,13-14,19,25H,2,5-7,12,15-18H2/t25-/m0/s1. The van der Waals surface area contributed by atoms with E-state index in [1.165, 1.54) is 48.7 Å². The molecule has 1 atom stereocenters. The van der Waals surface area contributed by atoms with Crippen LogP contribution in [0, 0.1) is 17.6 Å². The van der Waals surface area contributed by atoms with Crippen LogP contribution in [-0.2, 0) is 33.4 Å². The molecule has 2 heterocycles. The minimum Gasteiger partial charge on any atom is -0.376 e. The molecule has 10 heteroatoms. The molecular weight excluding hydrogens is 500 g/mol. The summed E-state index contributed by atoms with van der Waals surface area (Å²) < 4.78 is 61.4. The average Bonchev–Trinajstić information content (AvgIpc) is 3.36. The lowest BCUT2D eigenvalue weighted by atomic mass is 10.1. The number of aromatic nitrogens is 2. The van der Waals surface area contributed by atoms with Gasteiger partial charge in [-0.2, -0.15) is 0 Å². The van der Waals surface area contributed by atoms with Crippen LogP contribution in [0.5, 0.6) is 0 Å². The summed E-state index contributed by atoms with van der Waals surface area (Å²) in [6, 6.07) is 10.9. The summed E-state index contributed by atoms with van der Waals surface area (Å²) in [5, 5.41) is -0.105. The number of rotatable bonds is 10. The van der Waals surface area contributed by atoms with Crippen LogP contribution in [0.4, 0.5) is 8.78 Å². The van der Waals surface area contributed by atoms with Gasteiger partial charge in [0.2, 0.25) is 15.0 Å². The first-order chi connectivity index (χ1) is 17.8. The third-order valence-corrected chi connectivity index (χ3v) is 8.34. The largest absolute Gasteiger partial charge is 0.376 e. The first-order valence-corrected chi connectivity index (χ1v) is 14.1. The van der Waals surface area contributed by atoms with E-state index in [2.05, 4.69) is 4.98 Å². The third kappa shape index (κ3) is 6.24. The van der Waals surface area contributed by atoms with E-state index in [1.807, 2.05) is 0 Å². The molecule has 7 nitrogen and oxygen atoms in total. The molecule has 2 aliphatic rings. The van der Waals surface area contributed by atoms with Crippen molar-refractivity contribution in [3.8, 4) is 0 Å². The first kappa shape index (κ1) is 25.5. The van der Waals surface area contributed by atoms with Gasteiger partial charge in [0.15, 0.2) is 0 Å². The van der Waals surface area contributed by atoms with Crippen LogP contribution in [0.25, 0.3) is 0 Å². The number of imidazole rings is 1. The maximum Gasteiger partial charge on any atom is 0.254 e. The zero-order chi connectivity index (χ0) is 26.0. The third-order valence-electron chi connectivity index (χ3n) is 6.75. The normalized spacial score (nSPS) is 17.7. The molecule has 0 bridgehead atoms. The van der Waals surface area contributed by atoms with E-state index < -0.39 is 21.5 Å². The first-order valence-electron chi connectivity index (χ1n) is 12.5. The van der Waals surface area contributed by atoms with Gasteiger partial charge in [0.1, 0.15) is 11.6 Å². The predicted molar refractivity (Wildman–Crippen MR) is 132 cm³/mol. The van der Waals surface area contributed by atoms with Crippen LogP contribution in [0.15, 0.2) is 59.9 Å². The zero-order valence-electron chi connectivity index (χ0n) is 20.4. The van der Waals surface area contributed by atoms with Crippen molar-refractivity contribution >= 4 is 15.7 Å². The fourth-order valence-electron chi connectivity index (χ4n) is 4.65. The second-order valence-corrected chi connectivity index (χ2v) is 11.7. The summed E-state index contributed by atoms with van der Waals surface area (Å²) in [4.78, 5) is 19.3. The van der Waals surface area contributed by atoms with Crippen LogP contribution in [0.2, 0.25) is 0 Å². The van der Waals surface area contributed by atoms with Crippen molar-refractivity contribution in [2.75, 3.05) is 13.2 Å². The summed E-state index contributed by atoms with van der Waals surface area (Å²) in [5.41, 5.74) is 1.26. The summed E-state index contributed by atoms with van der Waals surface area (Å²) >= 11 is 0. The number of ether oxygens (including phenoxy) is 1. The van der Waals surface area contributed by atoms with Crippen molar-refractivity contribution in [3.63, 3.8) is 0 Å². The molecule has 0 spiro atoms. The second-order valence-electron chi connectivity index (χ2n) is 9.80. The zero-order valence-corrected chi connectivity index (χ0v) is 21.2. The number of nitrogens with zero attached hydrogens (tertiary/aromatic N) is 3. The fourth-order valence-corrected chi connectivity index (χ4v) is 6.15. The maximum atomic E-state index is 13.8. The van der Waals surface area contributed by atoms with Crippen LogP contribution in [-0.4, -0.2) is 48.0 Å². The van der Waals surface area contributed by atoms with Gasteiger partial charge in [0, 0.05) is 18.7 Å². The molecule has 0 radical (unpaired) electrons. The molecule has 0 unspecified atom stereocenters. The molecule has 1 amide bonds. The van der Waals surface area contributed by atoms with E-state index in [1.54, 1.807) is 15.5 Å². The molecule has 1 aromatic heterocycles. The highest BCUT2D eigenvalue weighted by molar-refractivity contribution is 7.90. The molecule has 0 N–H and O–H groups in total. The summed E-state index contributed by atoms with van der Waals surface area (Å²) in [6.45, 7) is 1.53. The highest BCUT2D eigenvalue weighted by Gasteiger charge is 2.31. The van der Waals surface area contributed by atoms with Gasteiger partial charge in [-0.3, -0.25) is 4.79 Å². The van der Waals surface area contributed by atoms with Gasteiger partial charge >= 0.3 is 0 Å². The Hall–Kier alpha value is -3.11. The number of sulfone groups is 1. The Kier molecular flexibility index (Phi) is 7.39. The monoisotopic (exact) mass is 529 g/mol. The van der Waals surface area contributed by atoms with E-state index >= 15 is 0 Å². The predicted octanol–water partition coefficient (Wildman–Crippen LogP) is 4.37. The van der Waals surface area contributed by atoms with Crippen molar-refractivity contribution in [1.29, 1.82) is 0 Å². The summed E-state index contributed by atoms with van der Waals surface area (Å²) in [7, 11) is -3.88. The SMILES string of the molecule is O=C(c1cccc(F)c1)N(Cc1cnc(S(=O)(=O)Cc2ccc(F)cc2)n1C[C@@H]1CCCO1)CC1CC1. The van der Waals surface area contributed by atoms with Gasteiger partial charge in [0.25, 0.3) is 5.91 Å². The van der Waals surface area contributed by atoms with Crippen molar-refractivity contribution in [2.45, 2.75) is 55.8 Å². The number of halogens is 2. The maximum absolute atomic E-state index is 13.8. The minimum absolute atomic E-state index is 0.105. The van der Waals surface area contributed by atoms with E-state index in [4.69, 9.17) is 4.74 Å². The Morgan fingerprint density at radius 1 is 1.08 bits per heavy atom. The lowest BCUT2D eigenvalue weighted by molar-refractivity contribution is 0.0723. The van der Waals surface area contributed by atoms with E-state index in [0.29, 0.717) is 36.9 Å². The summed E-state index contributed by atoms with van der Waals surface area (Å²) in [6.07, 6.45) is 5.04. The van der Waals surface area contributed by atoms with E-state index in [9.17, 15) is 22.0 Å². The van der Waals surface area contributed by atoms with Crippen molar-refractivity contribution in [1.82, 2.24) is 14.5 Å². The lowest BCUT2D eigenvalue weighted by Gasteiger charge is -2.24. The van der Waals surface area contributed by atoms with Gasteiger partial charge in [-0.15, -0.1) is 0 Å². The molecular formula is C27H29F2N3O4S. The van der Waals surface area contributed by atoms with Gasteiger partial charge in [-0.05, 0) is 67.5 Å². The number of amides is 1. The molecule has 2 fully saturated rings. The van der Waals surface area contributed by atoms with Crippen LogP contribution >= 0.6 is 0 Å². The molecule has 1 aliphatic heterocycles. The number of hydrogen-bond acceptors (Lipinski definition) is 5. The van der Waals surface area contributed by atoms with Crippen LogP contribution in [0.3, 0.4) is 0 Å². The highest BCUT2D eigenvalue weighted by Crippen LogP contribution is 2.31. The number of hydrogen-bond donors (Lipinski definition) is 0. The van der Waals surface area contributed by atoms with Gasteiger partial charge < -0.3 is 14.2 Å². The highest BCUT2D eigenvalue weighted by atomic mass is 32.2. The molecule has 1 saturated heterocycles. The van der Waals surface area contributed by atoms with Crippen molar-refractivity contribution in [2.24, 2.45) is 5.92 Å². The topological polar surface area (TPSA) is 81.5 Å². The lowest BCUT2D eigenvalue weighted by Crippen LogP contribution is -2.34. The smallest absolute Gasteiger partial charge is 0.254 e. The molecule has 2 aromatic carbocycles. The van der Waals surface area contributed by atoms with Crippen LogP contribution in [0.1, 0.15) is 47.3 Å². The number of benzene rings is 2. The Labute approximate surface area is 215 Å². The Morgan fingerprint density at radius 3 is 2.54 bits per heavy atom. The Bertz CT molecular complexity index is 1360. The molecule has 1 saturated carbocycles. The number of carbonyl (C=O) groups is 1. The Balaban J connectivity index is 1.46. The second kappa shape index (κ2) is 10.7. The Morgan fingerprint density at radius 2 is 1.86 bits per heavy atom. The quantitative estimate of drug-likeness (QED) is 0.390. The van der Waals surface area contributed by atoms with Gasteiger partial charge in [0.05, 0.1) is 36.8 Å². The fraction of sp³-hybridized carbons (Fsp3) is 0.407. The molecule has 196 valence electrons. The minimum atomic E-state index is -3.88. The van der Waals surface area contributed by atoms with Gasteiger partial charge in [-0.1, -0.05) is 18.2 Å².